The van der Waals surface area contributed by atoms with E-state index in [0.717, 1.165) is 16.7 Å². The van der Waals surface area contributed by atoms with E-state index in [1.165, 1.54) is 30.3 Å². The molecule has 0 saturated heterocycles. The summed E-state index contributed by atoms with van der Waals surface area (Å²) in [5.41, 5.74) is 2.81. The van der Waals surface area contributed by atoms with Crippen LogP contribution in [0.25, 0.3) is 6.08 Å². The predicted molar refractivity (Wildman–Crippen MR) is 77.3 cm³/mol. The Hall–Kier alpha value is -2.42. The molecule has 1 N–H and O–H groups in total. The molecule has 2 aromatic carbocycles. The van der Waals surface area contributed by atoms with Crippen molar-refractivity contribution in [2.45, 2.75) is 13.8 Å². The summed E-state index contributed by atoms with van der Waals surface area (Å²) in [6, 6.07) is 9.03. The lowest BCUT2D eigenvalue weighted by molar-refractivity contribution is 0.104. The molecule has 2 nitrogen and oxygen atoms in total. The Bertz CT molecular complexity index is 647. The fourth-order valence-electron chi connectivity index (χ4n) is 1.97. The molecule has 20 heavy (non-hydrogen) atoms. The van der Waals surface area contributed by atoms with E-state index in [-0.39, 0.29) is 17.3 Å². The number of phenols is 1. The highest BCUT2D eigenvalue weighted by molar-refractivity contribution is 6.06. The van der Waals surface area contributed by atoms with Gasteiger partial charge < -0.3 is 5.11 Å². The molecular formula is C17H15FO2. The van der Waals surface area contributed by atoms with Crippen LogP contribution in [0.5, 0.6) is 5.75 Å². The topological polar surface area (TPSA) is 37.3 Å². The zero-order valence-corrected chi connectivity index (χ0v) is 11.4. The Kier molecular flexibility index (Phi) is 3.99. The molecule has 0 amide bonds. The molecule has 0 heterocycles. The Labute approximate surface area is 117 Å². The molecule has 2 rings (SSSR count). The second kappa shape index (κ2) is 5.70. The highest BCUT2D eigenvalue weighted by Gasteiger charge is 2.04. The summed E-state index contributed by atoms with van der Waals surface area (Å²) >= 11 is 0. The number of ketones is 1. The minimum absolute atomic E-state index is 0.187. The van der Waals surface area contributed by atoms with Crippen molar-refractivity contribution in [3.63, 3.8) is 0 Å². The molecular weight excluding hydrogens is 255 g/mol. The zero-order valence-electron chi connectivity index (χ0n) is 11.4. The number of allylic oxidation sites excluding steroid dienone is 1. The predicted octanol–water partition coefficient (Wildman–Crippen LogP) is 4.04. The van der Waals surface area contributed by atoms with Crippen molar-refractivity contribution >= 4 is 11.9 Å². The van der Waals surface area contributed by atoms with Crippen molar-refractivity contribution in [1.29, 1.82) is 0 Å². The quantitative estimate of drug-likeness (QED) is 0.675. The minimum Gasteiger partial charge on any atom is -0.507 e. The number of carbonyl (C=O) groups excluding carboxylic acids is 1. The van der Waals surface area contributed by atoms with Crippen LogP contribution in [0.15, 0.2) is 42.5 Å². The smallest absolute Gasteiger partial charge is 0.185 e. The van der Waals surface area contributed by atoms with E-state index in [1.807, 2.05) is 13.8 Å². The summed E-state index contributed by atoms with van der Waals surface area (Å²) in [6.07, 6.45) is 3.13. The van der Waals surface area contributed by atoms with E-state index in [0.29, 0.717) is 5.56 Å². The molecule has 0 radical (unpaired) electrons. The zero-order chi connectivity index (χ0) is 14.7. The molecule has 0 saturated carbocycles. The Morgan fingerprint density at radius 1 is 1.10 bits per heavy atom. The molecule has 3 heteroatoms. The average molecular weight is 270 g/mol. The standard InChI is InChI=1S/C17H15FO2/c1-11-9-13(10-12(2)17(11)20)3-8-16(19)14-4-6-15(18)7-5-14/h3-10,20H,1-2H3/b8-3+. The van der Waals surface area contributed by atoms with Crippen LogP contribution < -0.4 is 0 Å². The molecule has 0 atom stereocenters. The molecule has 102 valence electrons. The Morgan fingerprint density at radius 3 is 2.20 bits per heavy atom. The number of rotatable bonds is 3. The molecule has 0 spiro atoms. The van der Waals surface area contributed by atoms with Crippen LogP contribution in [0.4, 0.5) is 4.39 Å². The number of benzene rings is 2. The van der Waals surface area contributed by atoms with Crippen LogP contribution in [0, 0.1) is 19.7 Å². The van der Waals surface area contributed by atoms with Crippen LogP contribution in [0.3, 0.4) is 0 Å². The minimum atomic E-state index is -0.365. The van der Waals surface area contributed by atoms with Gasteiger partial charge in [0.05, 0.1) is 0 Å². The summed E-state index contributed by atoms with van der Waals surface area (Å²) in [7, 11) is 0. The van der Waals surface area contributed by atoms with E-state index in [2.05, 4.69) is 0 Å². The van der Waals surface area contributed by atoms with E-state index >= 15 is 0 Å². The van der Waals surface area contributed by atoms with Crippen LogP contribution >= 0.6 is 0 Å². The third-order valence-corrected chi connectivity index (χ3v) is 3.07. The summed E-state index contributed by atoms with van der Waals surface area (Å²) in [5, 5.41) is 9.69. The molecule has 2 aromatic rings. The third-order valence-electron chi connectivity index (χ3n) is 3.07. The number of carbonyl (C=O) groups is 1. The van der Waals surface area contributed by atoms with E-state index in [4.69, 9.17) is 0 Å². The van der Waals surface area contributed by atoms with Gasteiger partial charge in [-0.2, -0.15) is 0 Å². The maximum Gasteiger partial charge on any atom is 0.185 e. The highest BCUT2D eigenvalue weighted by atomic mass is 19.1. The largest absolute Gasteiger partial charge is 0.507 e. The van der Waals surface area contributed by atoms with Gasteiger partial charge in [-0.15, -0.1) is 0 Å². The molecule has 0 bridgehead atoms. The van der Waals surface area contributed by atoms with Gasteiger partial charge in [0.2, 0.25) is 0 Å². The third kappa shape index (κ3) is 3.12. The second-order valence-electron chi connectivity index (χ2n) is 4.71. The van der Waals surface area contributed by atoms with Gasteiger partial charge in [-0.05, 0) is 73.0 Å². The summed E-state index contributed by atoms with van der Waals surface area (Å²) < 4.78 is 12.8. The van der Waals surface area contributed by atoms with Crippen LogP contribution in [0.2, 0.25) is 0 Å². The first-order valence-corrected chi connectivity index (χ1v) is 6.25. The van der Waals surface area contributed by atoms with Crippen molar-refractivity contribution in [3.05, 3.63) is 70.5 Å². The van der Waals surface area contributed by atoms with Crippen LogP contribution in [-0.4, -0.2) is 10.9 Å². The van der Waals surface area contributed by atoms with Crippen molar-refractivity contribution < 1.29 is 14.3 Å². The molecule has 0 fully saturated rings. The van der Waals surface area contributed by atoms with Gasteiger partial charge in [-0.25, -0.2) is 4.39 Å². The lowest BCUT2D eigenvalue weighted by Crippen LogP contribution is -1.94. The summed E-state index contributed by atoms with van der Waals surface area (Å²) in [6.45, 7) is 3.61. The van der Waals surface area contributed by atoms with Crippen molar-refractivity contribution in [1.82, 2.24) is 0 Å². The number of hydrogen-bond donors (Lipinski definition) is 1. The van der Waals surface area contributed by atoms with Gasteiger partial charge in [0, 0.05) is 5.56 Å². The molecule has 0 aromatic heterocycles. The van der Waals surface area contributed by atoms with Crippen molar-refractivity contribution in [2.24, 2.45) is 0 Å². The number of aryl methyl sites for hydroxylation is 2. The maximum absolute atomic E-state index is 12.8. The molecule has 0 aliphatic heterocycles. The highest BCUT2D eigenvalue weighted by Crippen LogP contribution is 2.23. The van der Waals surface area contributed by atoms with Gasteiger partial charge in [-0.1, -0.05) is 6.08 Å². The molecule has 0 aliphatic rings. The summed E-state index contributed by atoms with van der Waals surface area (Å²) in [4.78, 5) is 11.9. The lowest BCUT2D eigenvalue weighted by atomic mass is 10.0. The number of aromatic hydroxyl groups is 1. The van der Waals surface area contributed by atoms with Gasteiger partial charge in [0.1, 0.15) is 11.6 Å². The fraction of sp³-hybridized carbons (Fsp3) is 0.118. The normalized spacial score (nSPS) is 10.9. The average Bonchev–Trinajstić information content (AvgIpc) is 2.42. The van der Waals surface area contributed by atoms with Crippen LogP contribution in [0.1, 0.15) is 27.0 Å². The SMILES string of the molecule is Cc1cc(/C=C/C(=O)c2ccc(F)cc2)cc(C)c1O. The Balaban J connectivity index is 2.21. The monoisotopic (exact) mass is 270 g/mol. The summed E-state index contributed by atoms with van der Waals surface area (Å²) in [5.74, 6) is -0.282. The second-order valence-corrected chi connectivity index (χ2v) is 4.71. The molecule has 0 unspecified atom stereocenters. The van der Waals surface area contributed by atoms with E-state index in [9.17, 15) is 14.3 Å². The van der Waals surface area contributed by atoms with Crippen LogP contribution in [-0.2, 0) is 0 Å². The first-order valence-electron chi connectivity index (χ1n) is 6.25. The van der Waals surface area contributed by atoms with E-state index < -0.39 is 0 Å². The van der Waals surface area contributed by atoms with Gasteiger partial charge in [-0.3, -0.25) is 4.79 Å². The van der Waals surface area contributed by atoms with E-state index in [1.54, 1.807) is 18.2 Å². The number of phenolic OH excluding ortho intramolecular Hbond substituents is 1. The fourth-order valence-corrected chi connectivity index (χ4v) is 1.97. The number of halogens is 1. The number of hydrogen-bond acceptors (Lipinski definition) is 2. The van der Waals surface area contributed by atoms with Crippen molar-refractivity contribution in [3.8, 4) is 5.75 Å². The van der Waals surface area contributed by atoms with Gasteiger partial charge >= 0.3 is 0 Å². The maximum atomic E-state index is 12.8. The van der Waals surface area contributed by atoms with Gasteiger partial charge in [0.25, 0.3) is 0 Å². The molecule has 0 aliphatic carbocycles. The van der Waals surface area contributed by atoms with Crippen molar-refractivity contribution in [2.75, 3.05) is 0 Å². The first kappa shape index (κ1) is 14.0. The lowest BCUT2D eigenvalue weighted by Gasteiger charge is -2.04. The Morgan fingerprint density at radius 2 is 1.65 bits per heavy atom. The first-order chi connectivity index (χ1) is 9.47. The van der Waals surface area contributed by atoms with Gasteiger partial charge in [0.15, 0.2) is 5.78 Å².